The molecule has 3 rings (SSSR count). The number of amides is 2. The van der Waals surface area contributed by atoms with E-state index in [-0.39, 0.29) is 11.4 Å². The van der Waals surface area contributed by atoms with E-state index in [2.05, 4.69) is 10.3 Å². The molecule has 0 spiro atoms. The standard InChI is InChI=1S/C22H19F4N3O2S/c1-12-3-6-15(20(30)27-11-22(24,25)26)10-17(12)29-21(31)19-13(2)28-18(32-19)9-14-4-7-16(23)8-5-14/h3-8,10H,9,11H2,1-2H3,(H,27,30)(H,29,31). The zero-order chi connectivity index (χ0) is 23.5. The Morgan fingerprint density at radius 3 is 2.38 bits per heavy atom. The zero-order valence-electron chi connectivity index (χ0n) is 17.1. The minimum Gasteiger partial charge on any atom is -0.343 e. The molecule has 0 saturated heterocycles. The number of benzene rings is 2. The Labute approximate surface area is 185 Å². The molecule has 2 amide bonds. The maximum absolute atomic E-state index is 13.1. The van der Waals surface area contributed by atoms with Crippen LogP contribution in [0.25, 0.3) is 0 Å². The van der Waals surface area contributed by atoms with Crippen LogP contribution in [0.4, 0.5) is 23.2 Å². The van der Waals surface area contributed by atoms with Gasteiger partial charge in [0.25, 0.3) is 11.8 Å². The largest absolute Gasteiger partial charge is 0.405 e. The van der Waals surface area contributed by atoms with Crippen molar-refractivity contribution in [1.29, 1.82) is 0 Å². The number of aromatic nitrogens is 1. The normalized spacial score (nSPS) is 11.3. The van der Waals surface area contributed by atoms with E-state index >= 15 is 0 Å². The van der Waals surface area contributed by atoms with Gasteiger partial charge in [0.15, 0.2) is 0 Å². The molecule has 0 unspecified atom stereocenters. The fraction of sp³-hybridized carbons (Fsp3) is 0.227. The minimum atomic E-state index is -4.52. The summed E-state index contributed by atoms with van der Waals surface area (Å²) in [5.74, 6) is -1.68. The van der Waals surface area contributed by atoms with E-state index in [0.29, 0.717) is 33.3 Å². The summed E-state index contributed by atoms with van der Waals surface area (Å²) in [5, 5.41) is 5.18. The van der Waals surface area contributed by atoms with E-state index in [1.165, 1.54) is 41.7 Å². The van der Waals surface area contributed by atoms with Crippen LogP contribution in [0.3, 0.4) is 0 Å². The molecule has 0 aliphatic rings. The number of nitrogens with one attached hydrogen (secondary N) is 2. The van der Waals surface area contributed by atoms with E-state index in [0.717, 1.165) is 5.56 Å². The van der Waals surface area contributed by atoms with Gasteiger partial charge in [0.1, 0.15) is 17.2 Å². The first-order valence-electron chi connectivity index (χ1n) is 9.49. The van der Waals surface area contributed by atoms with Crippen LogP contribution in [-0.4, -0.2) is 29.5 Å². The Morgan fingerprint density at radius 1 is 1.03 bits per heavy atom. The predicted octanol–water partition coefficient (Wildman–Crippen LogP) is 5.03. The van der Waals surface area contributed by atoms with Crippen molar-refractivity contribution in [2.45, 2.75) is 26.4 Å². The fourth-order valence-corrected chi connectivity index (χ4v) is 3.87. The Hall–Kier alpha value is -3.27. The van der Waals surface area contributed by atoms with Gasteiger partial charge in [-0.15, -0.1) is 11.3 Å². The lowest BCUT2D eigenvalue weighted by Crippen LogP contribution is -2.33. The van der Waals surface area contributed by atoms with Crippen LogP contribution in [0, 0.1) is 19.7 Å². The number of hydrogen-bond donors (Lipinski definition) is 2. The van der Waals surface area contributed by atoms with Gasteiger partial charge in [-0.05, 0) is 49.2 Å². The lowest BCUT2D eigenvalue weighted by atomic mass is 10.1. The fourth-order valence-electron chi connectivity index (χ4n) is 2.88. The van der Waals surface area contributed by atoms with Crippen molar-refractivity contribution in [2.75, 3.05) is 11.9 Å². The van der Waals surface area contributed by atoms with Crippen LogP contribution in [0.5, 0.6) is 0 Å². The quantitative estimate of drug-likeness (QED) is 0.502. The lowest BCUT2D eigenvalue weighted by Gasteiger charge is -2.12. The minimum absolute atomic E-state index is 0.00632. The summed E-state index contributed by atoms with van der Waals surface area (Å²) < 4.78 is 50.1. The highest BCUT2D eigenvalue weighted by Crippen LogP contribution is 2.24. The van der Waals surface area contributed by atoms with Crippen LogP contribution >= 0.6 is 11.3 Å². The van der Waals surface area contributed by atoms with E-state index in [9.17, 15) is 27.2 Å². The summed E-state index contributed by atoms with van der Waals surface area (Å²) in [4.78, 5) is 29.6. The lowest BCUT2D eigenvalue weighted by molar-refractivity contribution is -0.123. The van der Waals surface area contributed by atoms with Crippen molar-refractivity contribution in [1.82, 2.24) is 10.3 Å². The third kappa shape index (κ3) is 6.13. The molecule has 0 radical (unpaired) electrons. The van der Waals surface area contributed by atoms with Crippen LogP contribution in [-0.2, 0) is 6.42 Å². The molecule has 0 bridgehead atoms. The maximum atomic E-state index is 13.1. The zero-order valence-corrected chi connectivity index (χ0v) is 18.0. The molecule has 168 valence electrons. The highest BCUT2D eigenvalue weighted by molar-refractivity contribution is 7.14. The first-order chi connectivity index (χ1) is 15.0. The number of hydrogen-bond acceptors (Lipinski definition) is 4. The van der Waals surface area contributed by atoms with Gasteiger partial charge in [0, 0.05) is 17.7 Å². The van der Waals surface area contributed by atoms with Crippen LogP contribution in [0.1, 0.15) is 41.9 Å². The summed E-state index contributed by atoms with van der Waals surface area (Å²) in [7, 11) is 0. The molecule has 10 heteroatoms. The molecule has 0 saturated carbocycles. The van der Waals surface area contributed by atoms with E-state index in [1.807, 2.05) is 0 Å². The smallest absolute Gasteiger partial charge is 0.343 e. The van der Waals surface area contributed by atoms with Crippen molar-refractivity contribution in [3.63, 3.8) is 0 Å². The molecule has 1 heterocycles. The number of carbonyl (C=O) groups is 2. The number of anilines is 1. The van der Waals surface area contributed by atoms with Crippen LogP contribution in [0.2, 0.25) is 0 Å². The number of rotatable bonds is 6. The van der Waals surface area contributed by atoms with Gasteiger partial charge in [-0.25, -0.2) is 9.37 Å². The summed E-state index contributed by atoms with van der Waals surface area (Å²) >= 11 is 1.19. The van der Waals surface area contributed by atoms with E-state index in [1.54, 1.807) is 31.3 Å². The number of halogens is 4. The van der Waals surface area contributed by atoms with Gasteiger partial charge >= 0.3 is 6.18 Å². The van der Waals surface area contributed by atoms with E-state index < -0.39 is 24.5 Å². The second-order valence-corrected chi connectivity index (χ2v) is 8.19. The van der Waals surface area contributed by atoms with Gasteiger partial charge in [0.05, 0.1) is 10.7 Å². The predicted molar refractivity (Wildman–Crippen MR) is 114 cm³/mol. The summed E-state index contributed by atoms with van der Waals surface area (Å²) in [6, 6.07) is 10.2. The second-order valence-electron chi connectivity index (χ2n) is 7.11. The van der Waals surface area contributed by atoms with Gasteiger partial charge in [-0.2, -0.15) is 13.2 Å². The number of alkyl halides is 3. The average Bonchev–Trinajstić information content (AvgIpc) is 3.09. The molecular formula is C22H19F4N3O2S. The Bertz CT molecular complexity index is 1140. The van der Waals surface area contributed by atoms with Gasteiger partial charge in [0.2, 0.25) is 0 Å². The third-order valence-electron chi connectivity index (χ3n) is 4.51. The molecular weight excluding hydrogens is 446 g/mol. The van der Waals surface area contributed by atoms with Crippen molar-refractivity contribution in [3.05, 3.63) is 80.6 Å². The highest BCUT2D eigenvalue weighted by atomic mass is 32.1. The SMILES string of the molecule is Cc1ccc(C(=O)NCC(F)(F)F)cc1NC(=O)c1sc(Cc2ccc(F)cc2)nc1C. The Morgan fingerprint density at radius 2 is 1.72 bits per heavy atom. The highest BCUT2D eigenvalue weighted by Gasteiger charge is 2.28. The van der Waals surface area contributed by atoms with Crippen molar-refractivity contribution < 1.29 is 27.2 Å². The van der Waals surface area contributed by atoms with Gasteiger partial charge in [-0.1, -0.05) is 18.2 Å². The molecule has 1 aromatic heterocycles. The molecule has 0 atom stereocenters. The first-order valence-corrected chi connectivity index (χ1v) is 10.3. The van der Waals surface area contributed by atoms with Crippen molar-refractivity contribution in [2.24, 2.45) is 0 Å². The molecule has 0 fully saturated rings. The van der Waals surface area contributed by atoms with Crippen LogP contribution in [0.15, 0.2) is 42.5 Å². The third-order valence-corrected chi connectivity index (χ3v) is 5.67. The summed E-state index contributed by atoms with van der Waals surface area (Å²) in [5.41, 5.74) is 2.30. The maximum Gasteiger partial charge on any atom is 0.405 e. The molecule has 5 nitrogen and oxygen atoms in total. The van der Waals surface area contributed by atoms with Crippen molar-refractivity contribution >= 4 is 28.8 Å². The number of aryl methyl sites for hydroxylation is 2. The molecule has 0 aliphatic carbocycles. The Balaban J connectivity index is 1.73. The molecule has 2 N–H and O–H groups in total. The van der Waals surface area contributed by atoms with E-state index in [4.69, 9.17) is 0 Å². The van der Waals surface area contributed by atoms with Crippen molar-refractivity contribution in [3.8, 4) is 0 Å². The monoisotopic (exact) mass is 465 g/mol. The Kier molecular flexibility index (Phi) is 6.93. The summed E-state index contributed by atoms with van der Waals surface area (Å²) in [6.45, 7) is 1.94. The second kappa shape index (κ2) is 9.47. The molecule has 3 aromatic rings. The number of nitrogens with zero attached hydrogens (tertiary/aromatic N) is 1. The molecule has 2 aromatic carbocycles. The van der Waals surface area contributed by atoms with Gasteiger partial charge < -0.3 is 10.6 Å². The van der Waals surface area contributed by atoms with Crippen LogP contribution < -0.4 is 10.6 Å². The first kappa shape index (κ1) is 23.4. The molecule has 0 aliphatic heterocycles. The number of thiazole rings is 1. The average molecular weight is 465 g/mol. The van der Waals surface area contributed by atoms with Gasteiger partial charge in [-0.3, -0.25) is 9.59 Å². The number of carbonyl (C=O) groups excluding carboxylic acids is 2. The molecule has 32 heavy (non-hydrogen) atoms. The topological polar surface area (TPSA) is 71.1 Å². The summed E-state index contributed by atoms with van der Waals surface area (Å²) in [6.07, 6.45) is -4.08.